The van der Waals surface area contributed by atoms with Crippen molar-refractivity contribution in [3.05, 3.63) is 59.2 Å². The summed E-state index contributed by atoms with van der Waals surface area (Å²) in [5.74, 6) is -0.254. The molecule has 0 saturated carbocycles. The van der Waals surface area contributed by atoms with E-state index < -0.39 is 24.3 Å². The second-order valence-electron chi connectivity index (χ2n) is 7.11. The van der Waals surface area contributed by atoms with Gasteiger partial charge in [-0.1, -0.05) is 11.6 Å². The topological polar surface area (TPSA) is 63.7 Å². The van der Waals surface area contributed by atoms with Gasteiger partial charge >= 0.3 is 6.18 Å². The Kier molecular flexibility index (Phi) is 6.38. The Morgan fingerprint density at radius 2 is 1.97 bits per heavy atom. The summed E-state index contributed by atoms with van der Waals surface area (Å²) in [7, 11) is 0. The number of carbonyl (C=O) groups excluding carboxylic acids is 1. The maximum Gasteiger partial charge on any atom is 0.416 e. The van der Waals surface area contributed by atoms with E-state index in [1.54, 1.807) is 30.5 Å². The number of rotatable bonds is 5. The van der Waals surface area contributed by atoms with Crippen LogP contribution < -0.4 is 15.0 Å². The minimum Gasteiger partial charge on any atom is -0.481 e. The number of halogens is 4. The number of benzene rings is 2. The molecule has 2 heterocycles. The van der Waals surface area contributed by atoms with Crippen molar-refractivity contribution in [1.82, 2.24) is 4.98 Å². The van der Waals surface area contributed by atoms with Crippen molar-refractivity contribution < 1.29 is 27.4 Å². The summed E-state index contributed by atoms with van der Waals surface area (Å²) in [5.41, 5.74) is 0.196. The van der Waals surface area contributed by atoms with Crippen molar-refractivity contribution in [2.75, 3.05) is 43.1 Å². The van der Waals surface area contributed by atoms with Gasteiger partial charge in [0.15, 0.2) is 6.61 Å². The number of nitrogens with zero attached hydrogens (tertiary/aromatic N) is 2. The SMILES string of the molecule is O=C(COc1ccc(Cl)c2cccnc12)Nc1cc(C(F)(F)F)ccc1N1CCOCC1. The number of aromatic nitrogens is 1. The Bertz CT molecular complexity index is 1130. The number of alkyl halides is 3. The zero-order chi connectivity index (χ0) is 22.7. The standard InChI is InChI=1S/C22H19ClF3N3O3/c23-16-4-6-19(21-15(16)2-1-7-27-21)32-13-20(30)28-17-12-14(22(24,25)26)3-5-18(17)29-8-10-31-11-9-29/h1-7,12H,8-11,13H2,(H,28,30). The number of amides is 1. The van der Waals surface area contributed by atoms with Gasteiger partial charge in [0.05, 0.1) is 35.2 Å². The highest BCUT2D eigenvalue weighted by Crippen LogP contribution is 2.36. The second-order valence-corrected chi connectivity index (χ2v) is 7.52. The Hall–Kier alpha value is -3.04. The molecular formula is C22H19ClF3N3O3. The van der Waals surface area contributed by atoms with Crippen LogP contribution in [0.25, 0.3) is 10.9 Å². The molecule has 1 saturated heterocycles. The number of carbonyl (C=O) groups is 1. The molecule has 3 aromatic rings. The van der Waals surface area contributed by atoms with Crippen LogP contribution in [0.15, 0.2) is 48.7 Å². The smallest absolute Gasteiger partial charge is 0.416 e. The number of pyridine rings is 1. The van der Waals surface area contributed by atoms with Crippen LogP contribution >= 0.6 is 11.6 Å². The van der Waals surface area contributed by atoms with Crippen molar-refractivity contribution in [2.24, 2.45) is 0 Å². The fraction of sp³-hybridized carbons (Fsp3) is 0.273. The van der Waals surface area contributed by atoms with Crippen molar-refractivity contribution >= 4 is 39.8 Å². The number of fused-ring (bicyclic) bond motifs is 1. The normalized spacial score (nSPS) is 14.4. The van der Waals surface area contributed by atoms with Gasteiger partial charge in [0.1, 0.15) is 11.3 Å². The first-order chi connectivity index (χ1) is 15.3. The van der Waals surface area contributed by atoms with Crippen LogP contribution in [0.2, 0.25) is 5.02 Å². The average molecular weight is 466 g/mol. The van der Waals surface area contributed by atoms with Crippen LogP contribution in [-0.2, 0) is 15.7 Å². The van der Waals surface area contributed by atoms with Crippen LogP contribution in [0.3, 0.4) is 0 Å². The molecule has 32 heavy (non-hydrogen) atoms. The molecule has 0 radical (unpaired) electrons. The molecule has 10 heteroatoms. The highest BCUT2D eigenvalue weighted by molar-refractivity contribution is 6.35. The Labute approximate surface area is 186 Å². The van der Waals surface area contributed by atoms with E-state index in [1.165, 1.54) is 6.07 Å². The maximum absolute atomic E-state index is 13.2. The predicted molar refractivity (Wildman–Crippen MR) is 115 cm³/mol. The molecule has 0 spiro atoms. The first-order valence-corrected chi connectivity index (χ1v) is 10.2. The van der Waals surface area contributed by atoms with Gasteiger partial charge < -0.3 is 19.7 Å². The predicted octanol–water partition coefficient (Wildman–Crippen LogP) is 4.76. The molecule has 1 fully saturated rings. The van der Waals surface area contributed by atoms with E-state index in [1.807, 2.05) is 4.90 Å². The van der Waals surface area contributed by atoms with Gasteiger partial charge in [-0.2, -0.15) is 13.2 Å². The summed E-state index contributed by atoms with van der Waals surface area (Å²) in [6, 6.07) is 10.0. The van der Waals surface area contributed by atoms with E-state index in [0.717, 1.165) is 12.1 Å². The molecule has 0 bridgehead atoms. The van der Waals surface area contributed by atoms with E-state index in [-0.39, 0.29) is 5.69 Å². The molecular weight excluding hydrogens is 447 g/mol. The highest BCUT2D eigenvalue weighted by Gasteiger charge is 2.32. The lowest BCUT2D eigenvalue weighted by atomic mass is 10.1. The summed E-state index contributed by atoms with van der Waals surface area (Å²) in [6.07, 6.45) is -2.96. The van der Waals surface area contributed by atoms with Gasteiger partial charge in [-0.25, -0.2) is 0 Å². The highest BCUT2D eigenvalue weighted by atomic mass is 35.5. The minimum absolute atomic E-state index is 0.0643. The molecule has 2 aromatic carbocycles. The van der Waals surface area contributed by atoms with Crippen LogP contribution in [0.1, 0.15) is 5.56 Å². The average Bonchev–Trinajstić information content (AvgIpc) is 2.79. The third-order valence-electron chi connectivity index (χ3n) is 4.99. The zero-order valence-electron chi connectivity index (χ0n) is 16.8. The lowest BCUT2D eigenvalue weighted by Crippen LogP contribution is -2.37. The van der Waals surface area contributed by atoms with Gasteiger partial charge in [-0.05, 0) is 42.5 Å². The molecule has 168 valence electrons. The molecule has 0 unspecified atom stereocenters. The first-order valence-electron chi connectivity index (χ1n) is 9.83. The molecule has 0 aliphatic carbocycles. The summed E-state index contributed by atoms with van der Waals surface area (Å²) in [4.78, 5) is 18.7. The van der Waals surface area contributed by atoms with E-state index in [2.05, 4.69) is 10.3 Å². The monoisotopic (exact) mass is 465 g/mol. The van der Waals surface area contributed by atoms with E-state index in [0.29, 0.717) is 53.7 Å². The lowest BCUT2D eigenvalue weighted by Gasteiger charge is -2.31. The molecule has 1 aromatic heterocycles. The van der Waals surface area contributed by atoms with Gasteiger partial charge in [0.2, 0.25) is 0 Å². The zero-order valence-corrected chi connectivity index (χ0v) is 17.5. The van der Waals surface area contributed by atoms with Crippen LogP contribution in [-0.4, -0.2) is 43.8 Å². The van der Waals surface area contributed by atoms with Crippen molar-refractivity contribution in [3.8, 4) is 5.75 Å². The third kappa shape index (κ3) is 4.89. The second kappa shape index (κ2) is 9.22. The number of hydrogen-bond donors (Lipinski definition) is 1. The van der Waals surface area contributed by atoms with Crippen molar-refractivity contribution in [1.29, 1.82) is 0 Å². The van der Waals surface area contributed by atoms with Crippen molar-refractivity contribution in [3.63, 3.8) is 0 Å². The fourth-order valence-electron chi connectivity index (χ4n) is 3.45. The van der Waals surface area contributed by atoms with E-state index >= 15 is 0 Å². The summed E-state index contributed by atoms with van der Waals surface area (Å²) < 4.78 is 50.6. The molecule has 1 aliphatic heterocycles. The Morgan fingerprint density at radius 1 is 1.19 bits per heavy atom. The number of nitrogens with one attached hydrogen (secondary N) is 1. The molecule has 4 rings (SSSR count). The molecule has 1 N–H and O–H groups in total. The number of ether oxygens (including phenoxy) is 2. The summed E-state index contributed by atoms with van der Waals surface area (Å²) in [6.45, 7) is 1.51. The van der Waals surface area contributed by atoms with Gasteiger partial charge in [-0.15, -0.1) is 0 Å². The fourth-order valence-corrected chi connectivity index (χ4v) is 3.67. The largest absolute Gasteiger partial charge is 0.481 e. The van der Waals surface area contributed by atoms with Gasteiger partial charge in [0, 0.05) is 24.7 Å². The third-order valence-corrected chi connectivity index (χ3v) is 5.32. The molecule has 6 nitrogen and oxygen atoms in total. The minimum atomic E-state index is -4.53. The Balaban J connectivity index is 1.54. The first kappa shape index (κ1) is 22.2. The van der Waals surface area contributed by atoms with E-state index in [9.17, 15) is 18.0 Å². The molecule has 0 atom stereocenters. The summed E-state index contributed by atoms with van der Waals surface area (Å²) in [5, 5.41) is 3.71. The lowest BCUT2D eigenvalue weighted by molar-refractivity contribution is -0.137. The summed E-state index contributed by atoms with van der Waals surface area (Å²) >= 11 is 6.16. The molecule has 1 amide bonds. The maximum atomic E-state index is 13.2. The Morgan fingerprint density at radius 3 is 2.72 bits per heavy atom. The number of hydrogen-bond acceptors (Lipinski definition) is 5. The molecule has 1 aliphatic rings. The number of morpholine rings is 1. The quantitative estimate of drug-likeness (QED) is 0.588. The van der Waals surface area contributed by atoms with E-state index in [4.69, 9.17) is 21.1 Å². The van der Waals surface area contributed by atoms with Crippen LogP contribution in [0.5, 0.6) is 5.75 Å². The van der Waals surface area contributed by atoms with Crippen LogP contribution in [0, 0.1) is 0 Å². The van der Waals surface area contributed by atoms with Crippen molar-refractivity contribution in [2.45, 2.75) is 6.18 Å². The number of anilines is 2. The van der Waals surface area contributed by atoms with Crippen LogP contribution in [0.4, 0.5) is 24.5 Å². The van der Waals surface area contributed by atoms with Gasteiger partial charge in [-0.3, -0.25) is 9.78 Å². The van der Waals surface area contributed by atoms with Gasteiger partial charge in [0.25, 0.3) is 5.91 Å².